The van der Waals surface area contributed by atoms with Crippen LogP contribution >= 0.6 is 0 Å². The quantitative estimate of drug-likeness (QED) is 0.763. The zero-order valence-electron chi connectivity index (χ0n) is 14.8. The zero-order chi connectivity index (χ0) is 17.9. The van der Waals surface area contributed by atoms with E-state index in [0.717, 1.165) is 29.5 Å². The lowest BCUT2D eigenvalue weighted by Gasteiger charge is -2.14. The Balaban J connectivity index is 1.37. The molecule has 0 radical (unpaired) electrons. The number of nitrogens with one attached hydrogen (secondary N) is 2. The lowest BCUT2D eigenvalue weighted by Crippen LogP contribution is -2.42. The molecule has 0 aliphatic heterocycles. The minimum absolute atomic E-state index is 0.121. The molecule has 3 aromatic rings. The molecule has 0 bridgehead atoms. The number of nitrogens with zero attached hydrogens (tertiary/aromatic N) is 2. The second-order valence-electron chi connectivity index (χ2n) is 6.76. The predicted octanol–water partition coefficient (Wildman–Crippen LogP) is 3.05. The number of hydrogen-bond donors (Lipinski definition) is 2. The van der Waals surface area contributed by atoms with E-state index >= 15 is 0 Å². The van der Waals surface area contributed by atoms with Crippen molar-refractivity contribution >= 4 is 6.03 Å². The summed E-state index contributed by atoms with van der Waals surface area (Å²) in [6, 6.07) is 16.5. The van der Waals surface area contributed by atoms with Crippen LogP contribution in [0, 0.1) is 0 Å². The van der Waals surface area contributed by atoms with Gasteiger partial charge in [-0.25, -0.2) is 4.79 Å². The smallest absolute Gasteiger partial charge is 0.315 e. The summed E-state index contributed by atoms with van der Waals surface area (Å²) in [4.78, 5) is 12.3. The Morgan fingerprint density at radius 3 is 2.50 bits per heavy atom. The Bertz CT molecular complexity index is 906. The number of amides is 2. The fourth-order valence-electron chi connectivity index (χ4n) is 3.59. The van der Waals surface area contributed by atoms with Crippen molar-refractivity contribution in [3.05, 3.63) is 77.6 Å². The first-order valence-corrected chi connectivity index (χ1v) is 8.87. The molecule has 2 N–H and O–H groups in total. The van der Waals surface area contributed by atoms with Crippen LogP contribution in [0.25, 0.3) is 11.1 Å². The molecular weight excluding hydrogens is 324 g/mol. The van der Waals surface area contributed by atoms with Gasteiger partial charge in [0, 0.05) is 31.4 Å². The molecule has 5 nitrogen and oxygen atoms in total. The highest BCUT2D eigenvalue weighted by Gasteiger charge is 2.22. The van der Waals surface area contributed by atoms with E-state index in [1.165, 1.54) is 11.1 Å². The summed E-state index contributed by atoms with van der Waals surface area (Å²) in [5, 5.41) is 10.3. The first-order valence-electron chi connectivity index (χ1n) is 8.87. The molecule has 1 aliphatic carbocycles. The van der Waals surface area contributed by atoms with Gasteiger partial charge in [-0.2, -0.15) is 5.10 Å². The molecule has 0 unspecified atom stereocenters. The second kappa shape index (κ2) is 7.04. The number of hydrogen-bond acceptors (Lipinski definition) is 2. The third-order valence-electron chi connectivity index (χ3n) is 4.86. The van der Waals surface area contributed by atoms with Crippen molar-refractivity contribution in [1.29, 1.82) is 0 Å². The van der Waals surface area contributed by atoms with Crippen LogP contribution in [0.15, 0.2) is 60.9 Å². The van der Waals surface area contributed by atoms with Crippen molar-refractivity contribution in [2.24, 2.45) is 7.05 Å². The molecule has 0 atom stereocenters. The lowest BCUT2D eigenvalue weighted by molar-refractivity contribution is 0.237. The van der Waals surface area contributed by atoms with E-state index in [4.69, 9.17) is 0 Å². The van der Waals surface area contributed by atoms with E-state index in [9.17, 15) is 4.79 Å². The van der Waals surface area contributed by atoms with Crippen LogP contribution in [-0.4, -0.2) is 21.9 Å². The van der Waals surface area contributed by atoms with Gasteiger partial charge < -0.3 is 10.6 Å². The van der Waals surface area contributed by atoms with Gasteiger partial charge in [0.05, 0.1) is 6.20 Å². The van der Waals surface area contributed by atoms with Gasteiger partial charge in [0.2, 0.25) is 0 Å². The van der Waals surface area contributed by atoms with E-state index in [1.54, 1.807) is 4.68 Å². The summed E-state index contributed by atoms with van der Waals surface area (Å²) in [7, 11) is 1.90. The Morgan fingerprint density at radius 2 is 1.81 bits per heavy atom. The van der Waals surface area contributed by atoms with Crippen molar-refractivity contribution < 1.29 is 4.79 Å². The lowest BCUT2D eigenvalue weighted by atomic mass is 10.0. The number of fused-ring (bicyclic) bond motifs is 1. The van der Waals surface area contributed by atoms with Crippen molar-refractivity contribution in [3.8, 4) is 11.1 Å². The molecule has 132 valence electrons. The third kappa shape index (κ3) is 3.47. The van der Waals surface area contributed by atoms with Crippen LogP contribution in [0.1, 0.15) is 16.7 Å². The van der Waals surface area contributed by atoms with Gasteiger partial charge in [0.15, 0.2) is 0 Å². The first kappa shape index (κ1) is 16.4. The minimum Gasteiger partial charge on any atom is -0.335 e. The summed E-state index contributed by atoms with van der Waals surface area (Å²) in [5.41, 5.74) is 5.88. The normalized spacial score (nSPS) is 13.4. The van der Waals surface area contributed by atoms with Gasteiger partial charge in [-0.1, -0.05) is 48.5 Å². The molecule has 1 aromatic heterocycles. The van der Waals surface area contributed by atoms with Crippen LogP contribution in [-0.2, 0) is 26.4 Å². The van der Waals surface area contributed by atoms with Crippen LogP contribution in [0.5, 0.6) is 0 Å². The number of benzene rings is 2. The molecule has 0 fully saturated rings. The molecule has 4 rings (SSSR count). The van der Waals surface area contributed by atoms with E-state index in [0.29, 0.717) is 6.54 Å². The number of aryl methyl sites for hydroxylation is 1. The van der Waals surface area contributed by atoms with E-state index in [-0.39, 0.29) is 12.1 Å². The SMILES string of the molecule is Cn1cc(-c2ccccc2CNC(=O)NC2Cc3ccccc3C2)cn1. The predicted molar refractivity (Wildman–Crippen MR) is 102 cm³/mol. The molecule has 0 saturated heterocycles. The van der Waals surface area contributed by atoms with Crippen LogP contribution in [0.4, 0.5) is 4.79 Å². The largest absolute Gasteiger partial charge is 0.335 e. The summed E-state index contributed by atoms with van der Waals surface area (Å²) >= 11 is 0. The highest BCUT2D eigenvalue weighted by Crippen LogP contribution is 2.23. The maximum Gasteiger partial charge on any atom is 0.315 e. The van der Waals surface area contributed by atoms with Crippen LogP contribution in [0.3, 0.4) is 0 Å². The van der Waals surface area contributed by atoms with E-state index in [2.05, 4.69) is 46.1 Å². The molecule has 1 heterocycles. The average molecular weight is 346 g/mol. The van der Waals surface area contributed by atoms with Gasteiger partial charge >= 0.3 is 6.03 Å². The number of rotatable bonds is 4. The summed E-state index contributed by atoms with van der Waals surface area (Å²) in [5.74, 6) is 0. The molecule has 0 spiro atoms. The van der Waals surface area contributed by atoms with Gasteiger partial charge in [0.1, 0.15) is 0 Å². The number of carbonyl (C=O) groups excluding carboxylic acids is 1. The topological polar surface area (TPSA) is 59.0 Å². The van der Waals surface area contributed by atoms with Gasteiger partial charge in [0.25, 0.3) is 0 Å². The van der Waals surface area contributed by atoms with Gasteiger partial charge in [-0.3, -0.25) is 4.68 Å². The fourth-order valence-corrected chi connectivity index (χ4v) is 3.59. The standard InChI is InChI=1S/C21H22N4O/c1-25-14-18(13-23-25)20-9-5-4-8-17(20)12-22-21(26)24-19-10-15-6-2-3-7-16(15)11-19/h2-9,13-14,19H,10-12H2,1H3,(H2,22,24,26). The maximum atomic E-state index is 12.3. The Morgan fingerprint density at radius 1 is 1.12 bits per heavy atom. The number of urea groups is 1. The molecule has 26 heavy (non-hydrogen) atoms. The Labute approximate surface area is 153 Å². The third-order valence-corrected chi connectivity index (χ3v) is 4.86. The minimum atomic E-state index is -0.121. The maximum absolute atomic E-state index is 12.3. The average Bonchev–Trinajstić information content (AvgIpc) is 3.25. The van der Waals surface area contributed by atoms with Crippen molar-refractivity contribution in [3.63, 3.8) is 0 Å². The van der Waals surface area contributed by atoms with Crippen LogP contribution < -0.4 is 10.6 Å². The van der Waals surface area contributed by atoms with E-state index in [1.807, 2.05) is 37.6 Å². The number of carbonyl (C=O) groups is 1. The van der Waals surface area contributed by atoms with Gasteiger partial charge in [-0.15, -0.1) is 0 Å². The zero-order valence-corrected chi connectivity index (χ0v) is 14.8. The monoisotopic (exact) mass is 346 g/mol. The second-order valence-corrected chi connectivity index (χ2v) is 6.76. The van der Waals surface area contributed by atoms with Crippen molar-refractivity contribution in [1.82, 2.24) is 20.4 Å². The highest BCUT2D eigenvalue weighted by molar-refractivity contribution is 5.75. The fraction of sp³-hybridized carbons (Fsp3) is 0.238. The molecule has 5 heteroatoms. The number of aromatic nitrogens is 2. The molecule has 0 saturated carbocycles. The summed E-state index contributed by atoms with van der Waals surface area (Å²) < 4.78 is 1.78. The Hall–Kier alpha value is -3.08. The molecule has 2 aromatic carbocycles. The highest BCUT2D eigenvalue weighted by atomic mass is 16.2. The van der Waals surface area contributed by atoms with Crippen molar-refractivity contribution in [2.45, 2.75) is 25.4 Å². The first-order chi connectivity index (χ1) is 12.7. The van der Waals surface area contributed by atoms with Gasteiger partial charge in [-0.05, 0) is 35.1 Å². The van der Waals surface area contributed by atoms with E-state index < -0.39 is 0 Å². The summed E-state index contributed by atoms with van der Waals surface area (Å²) in [6.45, 7) is 0.483. The van der Waals surface area contributed by atoms with Crippen molar-refractivity contribution in [2.75, 3.05) is 0 Å². The molecular formula is C21H22N4O. The summed E-state index contributed by atoms with van der Waals surface area (Å²) in [6.07, 6.45) is 5.62. The Kier molecular flexibility index (Phi) is 4.44. The molecule has 2 amide bonds. The van der Waals surface area contributed by atoms with Crippen LogP contribution in [0.2, 0.25) is 0 Å². The molecule has 1 aliphatic rings.